The number of hydrogen-bond acceptors (Lipinski definition) is 6. The van der Waals surface area contributed by atoms with Crippen LogP contribution >= 0.6 is 0 Å². The number of aromatic nitrogens is 2. The molecule has 3 heterocycles. The normalized spacial score (nSPS) is 25.1. The molecule has 1 unspecified atom stereocenters. The van der Waals surface area contributed by atoms with Crippen LogP contribution in [0, 0.1) is 5.92 Å². The summed E-state index contributed by atoms with van der Waals surface area (Å²) in [6.45, 7) is 8.74. The van der Waals surface area contributed by atoms with Gasteiger partial charge in [-0.15, -0.1) is 0 Å². The molecule has 3 fully saturated rings. The van der Waals surface area contributed by atoms with E-state index in [1.54, 1.807) is 16.2 Å². The smallest absolute Gasteiger partial charge is 0.407 e. The summed E-state index contributed by atoms with van der Waals surface area (Å²) in [7, 11) is 1.75. The number of rotatable bonds is 5. The summed E-state index contributed by atoms with van der Waals surface area (Å²) < 4.78 is 8.57. The summed E-state index contributed by atoms with van der Waals surface area (Å²) in [6.07, 6.45) is 6.75. The highest BCUT2D eigenvalue weighted by Gasteiger charge is 2.32. The quantitative estimate of drug-likeness (QED) is 0.547. The van der Waals surface area contributed by atoms with Gasteiger partial charge in [0.25, 0.3) is 0 Å². The summed E-state index contributed by atoms with van der Waals surface area (Å²) in [5, 5.41) is 5.39. The largest absolute Gasteiger partial charge is 0.444 e. The average Bonchev–Trinajstić information content (AvgIpc) is 3.14. The van der Waals surface area contributed by atoms with Gasteiger partial charge >= 0.3 is 11.8 Å². The minimum absolute atomic E-state index is 0.178. The minimum Gasteiger partial charge on any atom is -0.444 e. The second kappa shape index (κ2) is 11.4. The van der Waals surface area contributed by atoms with Gasteiger partial charge in [0.05, 0.1) is 11.0 Å². The van der Waals surface area contributed by atoms with Gasteiger partial charge in [0.15, 0.2) is 0 Å². The van der Waals surface area contributed by atoms with Gasteiger partial charge in [-0.05, 0) is 95.2 Å². The molecule has 218 valence electrons. The molecule has 0 bridgehead atoms. The van der Waals surface area contributed by atoms with E-state index in [4.69, 9.17) is 4.74 Å². The Morgan fingerprint density at radius 1 is 1.00 bits per heavy atom. The van der Waals surface area contributed by atoms with Crippen LogP contribution in [-0.2, 0) is 21.4 Å². The molecule has 5 rings (SSSR count). The maximum absolute atomic E-state index is 13.1. The Kier molecular flexibility index (Phi) is 8.08. The lowest BCUT2D eigenvalue weighted by atomic mass is 9.78. The van der Waals surface area contributed by atoms with Crippen molar-refractivity contribution in [2.24, 2.45) is 13.0 Å². The van der Waals surface area contributed by atoms with Crippen molar-refractivity contribution in [3.63, 3.8) is 0 Å². The van der Waals surface area contributed by atoms with Gasteiger partial charge in [0, 0.05) is 39.1 Å². The molecule has 2 aromatic rings. The number of hydrogen-bond donors (Lipinski definition) is 2. The molecule has 1 saturated carbocycles. The molecule has 10 nitrogen and oxygen atoms in total. The molecule has 1 aromatic carbocycles. The molecular weight excluding hydrogens is 510 g/mol. The molecule has 0 radical (unpaired) electrons. The molecular formula is C30H43N5O5. The van der Waals surface area contributed by atoms with Crippen LogP contribution in [0.5, 0.6) is 0 Å². The number of nitrogens with one attached hydrogen (secondary N) is 2. The second-order valence-electron chi connectivity index (χ2n) is 12.9. The van der Waals surface area contributed by atoms with Crippen molar-refractivity contribution in [2.75, 3.05) is 19.6 Å². The summed E-state index contributed by atoms with van der Waals surface area (Å²) in [5.41, 5.74) is 2.11. The minimum atomic E-state index is -0.659. The Bertz CT molecular complexity index is 1320. The van der Waals surface area contributed by atoms with Crippen LogP contribution in [0.1, 0.15) is 89.7 Å². The highest BCUT2D eigenvalue weighted by atomic mass is 16.6. The zero-order valence-corrected chi connectivity index (χ0v) is 24.2. The fourth-order valence-electron chi connectivity index (χ4n) is 6.64. The zero-order chi connectivity index (χ0) is 28.6. The van der Waals surface area contributed by atoms with Crippen molar-refractivity contribution in [2.45, 2.75) is 95.7 Å². The summed E-state index contributed by atoms with van der Waals surface area (Å²) in [5.74, 6) is 0.440. The number of alkyl carbamates (subject to hydrolysis) is 1. The van der Waals surface area contributed by atoms with Crippen molar-refractivity contribution in [3.05, 3.63) is 34.2 Å². The topological polar surface area (TPSA) is 115 Å². The van der Waals surface area contributed by atoms with Gasteiger partial charge in [0.1, 0.15) is 11.6 Å². The summed E-state index contributed by atoms with van der Waals surface area (Å²) >= 11 is 0. The van der Waals surface area contributed by atoms with Gasteiger partial charge in [-0.1, -0.05) is 6.07 Å². The number of piperidine rings is 2. The average molecular weight is 554 g/mol. The molecule has 3 aliphatic rings. The van der Waals surface area contributed by atoms with Gasteiger partial charge in [-0.25, -0.2) is 9.59 Å². The van der Waals surface area contributed by atoms with E-state index in [9.17, 15) is 19.2 Å². The number of carbonyl (C=O) groups excluding carboxylic acids is 3. The number of aryl methyl sites for hydroxylation is 1. The van der Waals surface area contributed by atoms with E-state index in [1.165, 1.54) is 18.4 Å². The SMILES string of the molecule is Cn1c(=O)n(C2CCC(=O)NC2=O)c2ccc(C3CCC(CN4CCC(NC(=O)OC(C)(C)C)CC4)CC3)cc21. The number of fused-ring (bicyclic) bond motifs is 1. The van der Waals surface area contributed by atoms with E-state index in [-0.39, 0.29) is 30.2 Å². The molecule has 2 aliphatic heterocycles. The van der Waals surface area contributed by atoms with Crippen LogP contribution in [0.4, 0.5) is 4.79 Å². The number of ether oxygens (including phenoxy) is 1. The van der Waals surface area contributed by atoms with Crippen LogP contribution in [0.25, 0.3) is 11.0 Å². The standard InChI is InChI=1S/C30H43N5O5/c1-30(2,3)40-28(38)31-22-13-15-34(16-14-22)18-19-5-7-20(8-6-19)21-9-10-23-25(17-21)33(4)29(39)35(23)24-11-12-26(36)32-27(24)37/h9-10,17,19-20,22,24H,5-8,11-16,18H2,1-4H3,(H,31,38)(H,32,36,37). The van der Waals surface area contributed by atoms with E-state index >= 15 is 0 Å². The van der Waals surface area contributed by atoms with Crippen LogP contribution in [0.3, 0.4) is 0 Å². The van der Waals surface area contributed by atoms with E-state index < -0.39 is 17.6 Å². The molecule has 3 amide bonds. The van der Waals surface area contributed by atoms with Gasteiger partial charge < -0.3 is 15.0 Å². The molecule has 0 spiro atoms. The van der Waals surface area contributed by atoms with Gasteiger partial charge in [-0.3, -0.25) is 24.0 Å². The zero-order valence-electron chi connectivity index (χ0n) is 24.2. The second-order valence-corrected chi connectivity index (χ2v) is 12.9. The molecule has 40 heavy (non-hydrogen) atoms. The molecule has 2 N–H and O–H groups in total. The van der Waals surface area contributed by atoms with Crippen molar-refractivity contribution < 1.29 is 19.1 Å². The van der Waals surface area contributed by atoms with Crippen molar-refractivity contribution in [1.29, 1.82) is 0 Å². The third-order valence-electron chi connectivity index (χ3n) is 8.78. The predicted molar refractivity (Wildman–Crippen MR) is 152 cm³/mol. The fourth-order valence-corrected chi connectivity index (χ4v) is 6.64. The third kappa shape index (κ3) is 6.27. The molecule has 1 atom stereocenters. The lowest BCUT2D eigenvalue weighted by molar-refractivity contribution is -0.135. The number of likely N-dealkylation sites (tertiary alicyclic amines) is 1. The number of amides is 3. The first kappa shape index (κ1) is 28.4. The van der Waals surface area contributed by atoms with Crippen LogP contribution in [0.2, 0.25) is 0 Å². The number of nitrogens with zero attached hydrogens (tertiary/aromatic N) is 3. The Morgan fingerprint density at radius 2 is 1.70 bits per heavy atom. The van der Waals surface area contributed by atoms with Crippen molar-refractivity contribution in [1.82, 2.24) is 24.7 Å². The molecule has 1 aliphatic carbocycles. The third-order valence-corrected chi connectivity index (χ3v) is 8.78. The Hall–Kier alpha value is -3.14. The van der Waals surface area contributed by atoms with E-state index in [2.05, 4.69) is 27.7 Å². The number of benzene rings is 1. The summed E-state index contributed by atoms with van der Waals surface area (Å²) in [4.78, 5) is 51.8. The van der Waals surface area contributed by atoms with Crippen molar-refractivity contribution >= 4 is 28.9 Å². The van der Waals surface area contributed by atoms with E-state index in [0.717, 1.165) is 56.4 Å². The fraction of sp³-hybridized carbons (Fsp3) is 0.667. The van der Waals surface area contributed by atoms with E-state index in [0.29, 0.717) is 18.3 Å². The molecule has 1 aromatic heterocycles. The number of carbonyl (C=O) groups is 3. The van der Waals surface area contributed by atoms with E-state index in [1.807, 2.05) is 26.8 Å². The molecule has 2 saturated heterocycles. The van der Waals surface area contributed by atoms with Gasteiger partial charge in [-0.2, -0.15) is 0 Å². The maximum Gasteiger partial charge on any atom is 0.407 e. The highest BCUT2D eigenvalue weighted by Crippen LogP contribution is 2.37. The van der Waals surface area contributed by atoms with Gasteiger partial charge in [0.2, 0.25) is 11.8 Å². The molecule has 10 heteroatoms. The lowest BCUT2D eigenvalue weighted by Gasteiger charge is -2.37. The first-order valence-corrected chi connectivity index (χ1v) is 14.7. The predicted octanol–water partition coefficient (Wildman–Crippen LogP) is 3.58. The highest BCUT2D eigenvalue weighted by molar-refractivity contribution is 6.00. The van der Waals surface area contributed by atoms with Crippen LogP contribution < -0.4 is 16.3 Å². The Balaban J connectivity index is 1.14. The van der Waals surface area contributed by atoms with Crippen molar-refractivity contribution in [3.8, 4) is 0 Å². The monoisotopic (exact) mass is 553 g/mol. The number of imidazole rings is 1. The first-order chi connectivity index (χ1) is 19.0. The Labute approximate surface area is 235 Å². The van der Waals surface area contributed by atoms with Crippen LogP contribution in [0.15, 0.2) is 23.0 Å². The first-order valence-electron chi connectivity index (χ1n) is 14.7. The maximum atomic E-state index is 13.1. The summed E-state index contributed by atoms with van der Waals surface area (Å²) in [6, 6.07) is 5.72. The Morgan fingerprint density at radius 3 is 2.35 bits per heavy atom. The lowest BCUT2D eigenvalue weighted by Crippen LogP contribution is -2.47. The number of imide groups is 1. The van der Waals surface area contributed by atoms with Crippen LogP contribution in [-0.4, -0.2) is 63.2 Å².